The van der Waals surface area contributed by atoms with E-state index in [0.717, 1.165) is 22.4 Å². The zero-order chi connectivity index (χ0) is 18.4. The highest BCUT2D eigenvalue weighted by Gasteiger charge is 2.31. The van der Waals surface area contributed by atoms with Gasteiger partial charge in [0, 0.05) is 18.7 Å². The second-order valence-electron chi connectivity index (χ2n) is 6.11. The van der Waals surface area contributed by atoms with Gasteiger partial charge in [-0.15, -0.1) is 0 Å². The van der Waals surface area contributed by atoms with E-state index in [1.807, 2.05) is 24.9 Å². The van der Waals surface area contributed by atoms with Crippen molar-refractivity contribution in [3.63, 3.8) is 0 Å². The summed E-state index contributed by atoms with van der Waals surface area (Å²) in [6.45, 7) is 5.09. The summed E-state index contributed by atoms with van der Waals surface area (Å²) in [6, 6.07) is 4.84. The van der Waals surface area contributed by atoms with Crippen molar-refractivity contribution >= 4 is 40.6 Å². The topological polar surface area (TPSA) is 63.9 Å². The van der Waals surface area contributed by atoms with E-state index < -0.39 is 0 Å². The van der Waals surface area contributed by atoms with E-state index >= 15 is 0 Å². The van der Waals surface area contributed by atoms with Crippen LogP contribution in [-0.4, -0.2) is 36.3 Å². The first-order chi connectivity index (χ1) is 12.5. The summed E-state index contributed by atoms with van der Waals surface area (Å²) in [5, 5.41) is 1.61. The molecule has 0 saturated carbocycles. The fourth-order valence-electron chi connectivity index (χ4n) is 3.15. The molecular formula is C17H15Cl2N5OS. The van der Waals surface area contributed by atoms with E-state index in [9.17, 15) is 4.79 Å². The van der Waals surface area contributed by atoms with Crippen LogP contribution in [0.1, 0.15) is 34.8 Å². The summed E-state index contributed by atoms with van der Waals surface area (Å²) in [6.07, 6.45) is 1.81. The fourth-order valence-corrected chi connectivity index (χ4v) is 4.12. The summed E-state index contributed by atoms with van der Waals surface area (Å²) in [4.78, 5) is 23.7. The summed E-state index contributed by atoms with van der Waals surface area (Å²) in [5.74, 6) is 1.47. The molecule has 6 nitrogen and oxygen atoms in total. The normalized spacial score (nSPS) is 16.6. The van der Waals surface area contributed by atoms with Crippen LogP contribution in [0.4, 0.5) is 0 Å². The number of amides is 1. The second kappa shape index (κ2) is 6.64. The summed E-state index contributed by atoms with van der Waals surface area (Å²) >= 11 is 13.3. The first-order valence-corrected chi connectivity index (χ1v) is 9.60. The monoisotopic (exact) mass is 407 g/mol. The molecule has 0 N–H and O–H groups in total. The molecule has 3 heterocycles. The highest BCUT2D eigenvalue weighted by molar-refractivity contribution is 7.09. The van der Waals surface area contributed by atoms with Gasteiger partial charge in [0.05, 0.1) is 28.0 Å². The molecular weight excluding hydrogens is 393 g/mol. The van der Waals surface area contributed by atoms with Gasteiger partial charge in [0.2, 0.25) is 0 Å². The third-order valence-electron chi connectivity index (χ3n) is 4.49. The Morgan fingerprint density at radius 2 is 2.08 bits per heavy atom. The lowest BCUT2D eigenvalue weighted by molar-refractivity contribution is 0.0645. The maximum absolute atomic E-state index is 12.9. The number of carbonyl (C=O) groups excluding carboxylic acids is 1. The molecule has 1 atom stereocenters. The van der Waals surface area contributed by atoms with Crippen molar-refractivity contribution in [3.8, 4) is 10.8 Å². The Balaban J connectivity index is 1.64. The van der Waals surface area contributed by atoms with Crippen molar-refractivity contribution < 1.29 is 4.79 Å². The average Bonchev–Trinajstić information content (AvgIpc) is 3.23. The second-order valence-corrected chi connectivity index (χ2v) is 7.67. The Morgan fingerprint density at radius 1 is 1.27 bits per heavy atom. The lowest BCUT2D eigenvalue weighted by Gasteiger charge is -2.35. The third kappa shape index (κ3) is 2.90. The van der Waals surface area contributed by atoms with Crippen molar-refractivity contribution in [1.82, 2.24) is 23.8 Å². The Morgan fingerprint density at radius 3 is 2.77 bits per heavy atom. The van der Waals surface area contributed by atoms with Crippen LogP contribution in [0.5, 0.6) is 0 Å². The molecule has 1 aromatic carbocycles. The van der Waals surface area contributed by atoms with Gasteiger partial charge in [-0.05, 0) is 43.6 Å². The van der Waals surface area contributed by atoms with Crippen LogP contribution in [0.25, 0.3) is 10.8 Å². The molecule has 0 aliphatic carbocycles. The Labute approximate surface area is 164 Å². The largest absolute Gasteiger partial charge is 0.329 e. The number of rotatable bonds is 2. The molecule has 1 unspecified atom stereocenters. The van der Waals surface area contributed by atoms with E-state index in [1.165, 1.54) is 11.5 Å². The number of aryl methyl sites for hydroxylation is 1. The zero-order valence-corrected chi connectivity index (χ0v) is 16.4. The number of nitrogens with zero attached hydrogens (tertiary/aromatic N) is 5. The van der Waals surface area contributed by atoms with Gasteiger partial charge in [-0.1, -0.05) is 23.2 Å². The van der Waals surface area contributed by atoms with E-state index in [4.69, 9.17) is 23.2 Å². The number of hydrogen-bond donors (Lipinski definition) is 0. The molecule has 134 valence electrons. The quantitative estimate of drug-likeness (QED) is 0.637. The number of halogens is 2. The zero-order valence-electron chi connectivity index (χ0n) is 14.1. The van der Waals surface area contributed by atoms with Gasteiger partial charge in [-0.25, -0.2) is 9.97 Å². The molecule has 9 heteroatoms. The van der Waals surface area contributed by atoms with Gasteiger partial charge in [-0.3, -0.25) is 4.79 Å². The van der Waals surface area contributed by atoms with Gasteiger partial charge in [0.25, 0.3) is 5.91 Å². The predicted octanol–water partition coefficient (Wildman–Crippen LogP) is 4.23. The Kier molecular flexibility index (Phi) is 4.46. The molecule has 0 spiro atoms. The number of benzene rings is 1. The van der Waals surface area contributed by atoms with Crippen molar-refractivity contribution in [2.75, 3.05) is 6.54 Å². The van der Waals surface area contributed by atoms with Crippen LogP contribution in [0.15, 0.2) is 24.4 Å². The number of carbonyl (C=O) groups is 1. The average molecular weight is 408 g/mol. The van der Waals surface area contributed by atoms with Gasteiger partial charge in [-0.2, -0.15) is 4.37 Å². The van der Waals surface area contributed by atoms with Gasteiger partial charge < -0.3 is 9.47 Å². The van der Waals surface area contributed by atoms with E-state index in [1.54, 1.807) is 18.2 Å². The summed E-state index contributed by atoms with van der Waals surface area (Å²) in [5.41, 5.74) is 1.51. The minimum absolute atomic E-state index is 0.0724. The van der Waals surface area contributed by atoms with Crippen LogP contribution in [0.2, 0.25) is 10.0 Å². The molecule has 0 bridgehead atoms. The van der Waals surface area contributed by atoms with Gasteiger partial charge >= 0.3 is 0 Å². The smallest absolute Gasteiger partial charge is 0.254 e. The predicted molar refractivity (Wildman–Crippen MR) is 102 cm³/mol. The van der Waals surface area contributed by atoms with E-state index in [2.05, 4.69) is 18.9 Å². The van der Waals surface area contributed by atoms with Crippen molar-refractivity contribution in [2.45, 2.75) is 26.4 Å². The maximum atomic E-state index is 12.9. The highest BCUT2D eigenvalue weighted by Crippen LogP contribution is 2.32. The lowest BCUT2D eigenvalue weighted by Crippen LogP contribution is -2.41. The lowest BCUT2D eigenvalue weighted by atomic mass is 10.1. The minimum Gasteiger partial charge on any atom is -0.329 e. The van der Waals surface area contributed by atoms with Gasteiger partial charge in [0.15, 0.2) is 10.8 Å². The van der Waals surface area contributed by atoms with Gasteiger partial charge in [0.1, 0.15) is 5.82 Å². The Bertz CT molecular complexity index is 999. The fraction of sp³-hybridized carbons (Fsp3) is 0.294. The summed E-state index contributed by atoms with van der Waals surface area (Å²) < 4.78 is 6.34. The first kappa shape index (κ1) is 17.5. The van der Waals surface area contributed by atoms with Crippen molar-refractivity contribution in [3.05, 3.63) is 51.5 Å². The van der Waals surface area contributed by atoms with Crippen LogP contribution >= 0.6 is 34.7 Å². The van der Waals surface area contributed by atoms with Crippen molar-refractivity contribution in [2.24, 2.45) is 0 Å². The molecule has 0 fully saturated rings. The minimum atomic E-state index is -0.110. The standard InChI is InChI=1S/C17H15Cl2N5OS/c1-9-14-8-20-15(16-21-10(2)22-26-16)24(14)6-5-23(9)17(25)11-3-4-12(18)13(19)7-11/h3-4,7-9H,5-6H2,1-2H3. The number of aromatic nitrogens is 4. The molecule has 26 heavy (non-hydrogen) atoms. The molecule has 1 aliphatic heterocycles. The number of fused-ring (bicyclic) bond motifs is 1. The highest BCUT2D eigenvalue weighted by atomic mass is 35.5. The van der Waals surface area contributed by atoms with Crippen LogP contribution in [0.3, 0.4) is 0 Å². The molecule has 1 aliphatic rings. The first-order valence-electron chi connectivity index (χ1n) is 8.08. The third-order valence-corrected chi connectivity index (χ3v) is 6.03. The Hall–Kier alpha value is -1.96. The number of imidazole rings is 1. The summed E-state index contributed by atoms with van der Waals surface area (Å²) in [7, 11) is 0. The molecule has 2 aromatic heterocycles. The van der Waals surface area contributed by atoms with Crippen LogP contribution in [0, 0.1) is 6.92 Å². The van der Waals surface area contributed by atoms with E-state index in [0.29, 0.717) is 28.7 Å². The van der Waals surface area contributed by atoms with Crippen LogP contribution < -0.4 is 0 Å². The molecule has 1 amide bonds. The maximum Gasteiger partial charge on any atom is 0.254 e. The molecule has 0 saturated heterocycles. The number of hydrogen-bond acceptors (Lipinski definition) is 5. The molecule has 4 rings (SSSR count). The van der Waals surface area contributed by atoms with Crippen molar-refractivity contribution in [1.29, 1.82) is 0 Å². The van der Waals surface area contributed by atoms with Crippen LogP contribution in [-0.2, 0) is 6.54 Å². The van der Waals surface area contributed by atoms with E-state index in [-0.39, 0.29) is 11.9 Å². The molecule has 3 aromatic rings. The molecule has 0 radical (unpaired) electrons. The SMILES string of the molecule is Cc1nsc(-c2ncc3n2CCN(C(=O)c2ccc(Cl)c(Cl)c2)C3C)n1.